The number of carbonyl (C=O) groups is 2. The molecule has 11 heteroatoms. The van der Waals surface area contributed by atoms with Crippen LogP contribution in [0, 0.1) is 21.0 Å². The van der Waals surface area contributed by atoms with Gasteiger partial charge in [0.2, 0.25) is 5.91 Å². The highest BCUT2D eigenvalue weighted by molar-refractivity contribution is 14.1. The highest BCUT2D eigenvalue weighted by atomic mass is 127. The number of nitrogens with zero attached hydrogens (tertiary/aromatic N) is 1. The standard InChI is InChI=1S/C26H19F6IN2O2/c1-25(2)22-20(33)7-14(23(36)34-11-17-18(28)9-16(27)10-19(17)29)8-21(22)35(24(25)37)12-13-4-3-5-15(6-13)26(30,31)32/h3-10H,11-12H2,1-2H3,(H,34,36). The van der Waals surface area contributed by atoms with Crippen LogP contribution in [0.1, 0.15) is 46.5 Å². The summed E-state index contributed by atoms with van der Waals surface area (Å²) in [4.78, 5) is 27.5. The number of nitrogens with one attached hydrogen (secondary N) is 1. The number of fused-ring (bicyclic) bond motifs is 1. The van der Waals surface area contributed by atoms with Crippen molar-refractivity contribution in [2.75, 3.05) is 4.90 Å². The first-order valence-corrected chi connectivity index (χ1v) is 12.0. The van der Waals surface area contributed by atoms with Crippen molar-refractivity contribution in [1.82, 2.24) is 5.32 Å². The van der Waals surface area contributed by atoms with E-state index in [1.807, 2.05) is 22.6 Å². The predicted octanol–water partition coefficient (Wildman–Crippen LogP) is 6.48. The van der Waals surface area contributed by atoms with E-state index < -0.39 is 52.6 Å². The highest BCUT2D eigenvalue weighted by Gasteiger charge is 2.45. The molecule has 4 nitrogen and oxygen atoms in total. The Morgan fingerprint density at radius 1 is 1.03 bits per heavy atom. The van der Waals surface area contributed by atoms with Gasteiger partial charge in [0.1, 0.15) is 17.5 Å². The molecule has 0 radical (unpaired) electrons. The molecule has 0 atom stereocenters. The van der Waals surface area contributed by atoms with Gasteiger partial charge in [-0.1, -0.05) is 12.1 Å². The normalized spacial score (nSPS) is 14.6. The zero-order chi connectivity index (χ0) is 27.3. The molecular formula is C26H19F6IN2O2. The van der Waals surface area contributed by atoms with Crippen LogP contribution >= 0.6 is 22.6 Å². The van der Waals surface area contributed by atoms with E-state index in [-0.39, 0.29) is 23.6 Å². The Bertz CT molecular complexity index is 1400. The van der Waals surface area contributed by atoms with Crippen molar-refractivity contribution in [3.63, 3.8) is 0 Å². The van der Waals surface area contributed by atoms with Crippen LogP contribution in [0.3, 0.4) is 0 Å². The van der Waals surface area contributed by atoms with Crippen molar-refractivity contribution in [3.05, 3.63) is 97.4 Å². The van der Waals surface area contributed by atoms with Gasteiger partial charge in [-0.25, -0.2) is 13.2 Å². The van der Waals surface area contributed by atoms with Crippen LogP contribution in [0.5, 0.6) is 0 Å². The van der Waals surface area contributed by atoms with E-state index in [0.717, 1.165) is 12.1 Å². The van der Waals surface area contributed by atoms with Gasteiger partial charge in [-0.3, -0.25) is 9.59 Å². The summed E-state index contributed by atoms with van der Waals surface area (Å²) in [5, 5.41) is 2.38. The molecule has 0 aromatic heterocycles. The fourth-order valence-electron chi connectivity index (χ4n) is 4.31. The van der Waals surface area contributed by atoms with Crippen molar-refractivity contribution in [1.29, 1.82) is 0 Å². The van der Waals surface area contributed by atoms with Gasteiger partial charge in [0.15, 0.2) is 0 Å². The lowest BCUT2D eigenvalue weighted by Crippen LogP contribution is -2.36. The van der Waals surface area contributed by atoms with Crippen LogP contribution < -0.4 is 10.2 Å². The second-order valence-electron chi connectivity index (χ2n) is 9.10. The maximum atomic E-state index is 13.9. The SMILES string of the molecule is CC1(C)C(=O)N(Cc2cccc(C(F)(F)F)c2)c2cc(C(=O)NCc3c(F)cc(F)cc3F)cc(I)c21. The van der Waals surface area contributed by atoms with Gasteiger partial charge in [0, 0.05) is 38.9 Å². The molecule has 0 fully saturated rings. The maximum Gasteiger partial charge on any atom is 0.416 e. The molecule has 1 heterocycles. The summed E-state index contributed by atoms with van der Waals surface area (Å²) >= 11 is 1.96. The van der Waals surface area contributed by atoms with Gasteiger partial charge in [-0.15, -0.1) is 0 Å². The van der Waals surface area contributed by atoms with Gasteiger partial charge in [0.25, 0.3) is 5.91 Å². The van der Waals surface area contributed by atoms with Crippen molar-refractivity contribution < 1.29 is 35.9 Å². The highest BCUT2D eigenvalue weighted by Crippen LogP contribution is 2.45. The first-order valence-electron chi connectivity index (χ1n) is 10.9. The van der Waals surface area contributed by atoms with Crippen LogP contribution in [0.4, 0.5) is 32.0 Å². The average molecular weight is 632 g/mol. The molecule has 1 aliphatic heterocycles. The molecule has 1 N–H and O–H groups in total. The Hall–Kier alpha value is -3.09. The number of rotatable bonds is 5. The summed E-state index contributed by atoms with van der Waals surface area (Å²) in [6, 6.07) is 8.56. The zero-order valence-electron chi connectivity index (χ0n) is 19.4. The molecule has 2 amide bonds. The second kappa shape index (κ2) is 9.66. The van der Waals surface area contributed by atoms with E-state index in [2.05, 4.69) is 5.32 Å². The van der Waals surface area contributed by atoms with E-state index in [1.54, 1.807) is 13.8 Å². The van der Waals surface area contributed by atoms with Crippen molar-refractivity contribution >= 4 is 40.1 Å². The first-order chi connectivity index (χ1) is 17.2. The summed E-state index contributed by atoms with van der Waals surface area (Å²) in [6.45, 7) is 2.65. The molecule has 0 saturated carbocycles. The molecule has 0 bridgehead atoms. The van der Waals surface area contributed by atoms with Gasteiger partial charge < -0.3 is 10.2 Å². The number of hydrogen-bond acceptors (Lipinski definition) is 2. The molecule has 0 unspecified atom stereocenters. The van der Waals surface area contributed by atoms with Crippen molar-refractivity contribution in [3.8, 4) is 0 Å². The molecule has 4 rings (SSSR count). The van der Waals surface area contributed by atoms with Crippen LogP contribution in [0.2, 0.25) is 0 Å². The lowest BCUT2D eigenvalue weighted by molar-refractivity contribution is -0.137. The Labute approximate surface area is 221 Å². The quantitative estimate of drug-likeness (QED) is 0.259. The van der Waals surface area contributed by atoms with E-state index >= 15 is 0 Å². The lowest BCUT2D eigenvalue weighted by atomic mass is 9.86. The molecule has 0 saturated heterocycles. The van der Waals surface area contributed by atoms with Gasteiger partial charge in [0.05, 0.1) is 23.2 Å². The third-order valence-corrected chi connectivity index (χ3v) is 7.00. The Morgan fingerprint density at radius 2 is 1.68 bits per heavy atom. The number of halogens is 7. The number of hydrogen-bond donors (Lipinski definition) is 1. The lowest BCUT2D eigenvalue weighted by Gasteiger charge is -2.21. The first kappa shape index (κ1) is 27.0. The molecule has 3 aromatic carbocycles. The van der Waals surface area contributed by atoms with Crippen LogP contribution in [-0.2, 0) is 29.5 Å². The average Bonchev–Trinajstić information content (AvgIpc) is 2.98. The van der Waals surface area contributed by atoms with Crippen LogP contribution in [0.25, 0.3) is 0 Å². The molecule has 37 heavy (non-hydrogen) atoms. The molecular weight excluding hydrogens is 613 g/mol. The predicted molar refractivity (Wildman–Crippen MR) is 132 cm³/mol. The molecule has 0 aliphatic carbocycles. The fourth-order valence-corrected chi connectivity index (χ4v) is 5.59. The minimum absolute atomic E-state index is 0.0746. The molecule has 0 spiro atoms. The Morgan fingerprint density at radius 3 is 2.30 bits per heavy atom. The van der Waals surface area contributed by atoms with Gasteiger partial charge in [-0.2, -0.15) is 13.2 Å². The molecule has 3 aromatic rings. The molecule has 194 valence electrons. The largest absolute Gasteiger partial charge is 0.416 e. The van der Waals surface area contributed by atoms with Crippen LogP contribution in [0.15, 0.2) is 48.5 Å². The minimum Gasteiger partial charge on any atom is -0.348 e. The number of amides is 2. The summed E-state index contributed by atoms with van der Waals surface area (Å²) in [6.07, 6.45) is -4.55. The van der Waals surface area contributed by atoms with E-state index in [9.17, 15) is 35.9 Å². The minimum atomic E-state index is -4.55. The summed E-state index contributed by atoms with van der Waals surface area (Å²) in [7, 11) is 0. The summed E-state index contributed by atoms with van der Waals surface area (Å²) < 4.78 is 81.2. The number of alkyl halides is 3. The van der Waals surface area contributed by atoms with Crippen molar-refractivity contribution in [2.24, 2.45) is 0 Å². The summed E-state index contributed by atoms with van der Waals surface area (Å²) in [5.74, 6) is -4.46. The van der Waals surface area contributed by atoms with E-state index in [0.29, 0.717) is 27.0 Å². The van der Waals surface area contributed by atoms with Gasteiger partial charge in [-0.05, 0) is 66.3 Å². The smallest absolute Gasteiger partial charge is 0.348 e. The van der Waals surface area contributed by atoms with Crippen LogP contribution in [-0.4, -0.2) is 11.8 Å². The Kier molecular flexibility index (Phi) is 7.04. The maximum absolute atomic E-state index is 13.9. The number of anilines is 1. The zero-order valence-corrected chi connectivity index (χ0v) is 21.6. The molecule has 1 aliphatic rings. The third kappa shape index (κ3) is 5.18. The van der Waals surface area contributed by atoms with Crippen molar-refractivity contribution in [2.45, 2.75) is 38.5 Å². The van der Waals surface area contributed by atoms with E-state index in [1.165, 1.54) is 29.2 Å². The summed E-state index contributed by atoms with van der Waals surface area (Å²) in [5.41, 5.74) is -1.10. The Balaban J connectivity index is 1.66. The topological polar surface area (TPSA) is 49.4 Å². The number of carbonyl (C=O) groups excluding carboxylic acids is 2. The second-order valence-corrected chi connectivity index (χ2v) is 10.3. The monoisotopic (exact) mass is 632 g/mol. The van der Waals surface area contributed by atoms with E-state index in [4.69, 9.17) is 0 Å². The number of benzene rings is 3. The van der Waals surface area contributed by atoms with Gasteiger partial charge >= 0.3 is 6.18 Å². The third-order valence-electron chi connectivity index (χ3n) is 6.15. The fraction of sp³-hybridized carbons (Fsp3) is 0.231.